The maximum absolute atomic E-state index is 13.5. The maximum atomic E-state index is 13.5. The van der Waals surface area contributed by atoms with Crippen LogP contribution in [0.5, 0.6) is 23.0 Å². The maximum Gasteiger partial charge on any atom is 0.338 e. The van der Waals surface area contributed by atoms with Gasteiger partial charge >= 0.3 is 12.0 Å². The van der Waals surface area contributed by atoms with E-state index in [9.17, 15) is 18.8 Å². The zero-order valence-electron chi connectivity index (χ0n) is 25.4. The summed E-state index contributed by atoms with van der Waals surface area (Å²) < 4.78 is 40.9. The molecule has 3 aromatic rings. The molecule has 0 saturated carbocycles. The number of ether oxygens (including phenoxy) is 5. The molecule has 0 unspecified atom stereocenters. The fraction of sp³-hybridized carbons (Fsp3) is 0.250. The SMILES string of the molecule is CCOC(=O)C1=C(C)NC(=O)N[C@@H]1c1ccc(OCC(=O)N/N=C\c2cc(Cl)c(OCc3cccc(F)c3)c(OC)c2)c(OC)c1. The molecule has 4 rings (SSSR count). The third-order valence-corrected chi connectivity index (χ3v) is 6.85. The van der Waals surface area contributed by atoms with Crippen LogP contribution in [0.25, 0.3) is 0 Å². The number of allylic oxidation sites excluding steroid dienone is 1. The summed E-state index contributed by atoms with van der Waals surface area (Å²) in [4.78, 5) is 37.2. The molecule has 242 valence electrons. The van der Waals surface area contributed by atoms with E-state index in [1.165, 1.54) is 32.6 Å². The Hall–Kier alpha value is -5.30. The predicted octanol–water partition coefficient (Wildman–Crippen LogP) is 4.80. The van der Waals surface area contributed by atoms with Gasteiger partial charge in [0, 0.05) is 5.70 Å². The molecule has 0 aliphatic carbocycles. The van der Waals surface area contributed by atoms with Gasteiger partial charge in [0.15, 0.2) is 29.6 Å². The number of nitrogens with one attached hydrogen (secondary N) is 3. The van der Waals surface area contributed by atoms with E-state index < -0.39 is 30.6 Å². The molecule has 3 N–H and O–H groups in total. The third-order valence-electron chi connectivity index (χ3n) is 6.57. The van der Waals surface area contributed by atoms with Crippen LogP contribution in [0.15, 0.2) is 71.0 Å². The number of hydrogen-bond donors (Lipinski definition) is 3. The first-order valence-corrected chi connectivity index (χ1v) is 14.3. The first kappa shape index (κ1) is 33.6. The zero-order valence-corrected chi connectivity index (χ0v) is 26.2. The van der Waals surface area contributed by atoms with Gasteiger partial charge in [0.25, 0.3) is 5.91 Å². The summed E-state index contributed by atoms with van der Waals surface area (Å²) in [6.45, 7) is 3.14. The van der Waals surface area contributed by atoms with Crippen molar-refractivity contribution in [1.29, 1.82) is 0 Å². The number of carbonyl (C=O) groups is 3. The number of hydrazone groups is 1. The van der Waals surface area contributed by atoms with E-state index in [1.807, 2.05) is 0 Å². The first-order chi connectivity index (χ1) is 22.1. The zero-order chi connectivity index (χ0) is 33.2. The van der Waals surface area contributed by atoms with Gasteiger partial charge in [-0.1, -0.05) is 29.8 Å². The van der Waals surface area contributed by atoms with Gasteiger partial charge < -0.3 is 34.3 Å². The van der Waals surface area contributed by atoms with Crippen LogP contribution in [-0.4, -0.2) is 51.6 Å². The molecule has 1 aliphatic heterocycles. The van der Waals surface area contributed by atoms with E-state index >= 15 is 0 Å². The minimum Gasteiger partial charge on any atom is -0.493 e. The summed E-state index contributed by atoms with van der Waals surface area (Å²) in [5.74, 6) is -0.409. The number of rotatable bonds is 13. The van der Waals surface area contributed by atoms with Crippen LogP contribution in [0.1, 0.15) is 36.6 Å². The van der Waals surface area contributed by atoms with Crippen LogP contribution in [0, 0.1) is 5.82 Å². The summed E-state index contributed by atoms with van der Waals surface area (Å²) in [5, 5.41) is 9.47. The number of urea groups is 1. The van der Waals surface area contributed by atoms with Crippen LogP contribution < -0.4 is 35.0 Å². The molecule has 46 heavy (non-hydrogen) atoms. The van der Waals surface area contributed by atoms with Crippen molar-refractivity contribution in [2.75, 3.05) is 27.4 Å². The average Bonchev–Trinajstić information content (AvgIpc) is 3.02. The van der Waals surface area contributed by atoms with Crippen LogP contribution in [-0.2, 0) is 20.9 Å². The number of benzene rings is 3. The molecule has 1 heterocycles. The molecule has 0 fully saturated rings. The highest BCUT2D eigenvalue weighted by Gasteiger charge is 2.32. The van der Waals surface area contributed by atoms with Gasteiger partial charge in [0.1, 0.15) is 12.4 Å². The molecule has 0 bridgehead atoms. The first-order valence-electron chi connectivity index (χ1n) is 14.0. The number of hydrogen-bond acceptors (Lipinski definition) is 9. The molecule has 3 amide bonds. The number of esters is 1. The Morgan fingerprint density at radius 3 is 2.54 bits per heavy atom. The predicted molar refractivity (Wildman–Crippen MR) is 167 cm³/mol. The fourth-order valence-electron chi connectivity index (χ4n) is 4.50. The van der Waals surface area contributed by atoms with Gasteiger partial charge in [-0.05, 0) is 66.9 Å². The molecule has 0 aromatic heterocycles. The van der Waals surface area contributed by atoms with Crippen LogP contribution in [0.2, 0.25) is 5.02 Å². The fourth-order valence-corrected chi connectivity index (χ4v) is 4.77. The van der Waals surface area contributed by atoms with Crippen molar-refractivity contribution in [1.82, 2.24) is 16.1 Å². The second-order valence-electron chi connectivity index (χ2n) is 9.74. The summed E-state index contributed by atoms with van der Waals surface area (Å²) in [5.41, 5.74) is 4.65. The van der Waals surface area contributed by atoms with Crippen molar-refractivity contribution in [3.63, 3.8) is 0 Å². The van der Waals surface area contributed by atoms with Crippen molar-refractivity contribution >= 4 is 35.7 Å². The highest BCUT2D eigenvalue weighted by molar-refractivity contribution is 6.32. The normalized spacial score (nSPS) is 14.3. The van der Waals surface area contributed by atoms with Crippen molar-refractivity contribution < 1.29 is 42.5 Å². The Balaban J connectivity index is 1.37. The lowest BCUT2D eigenvalue weighted by molar-refractivity contribution is -0.139. The van der Waals surface area contributed by atoms with Gasteiger partial charge in [-0.2, -0.15) is 5.10 Å². The summed E-state index contributed by atoms with van der Waals surface area (Å²) in [6.07, 6.45) is 1.36. The van der Waals surface area contributed by atoms with E-state index in [1.54, 1.807) is 56.3 Å². The summed E-state index contributed by atoms with van der Waals surface area (Å²) >= 11 is 6.40. The Kier molecular flexibility index (Phi) is 11.4. The van der Waals surface area contributed by atoms with E-state index in [0.717, 1.165) is 0 Å². The number of amides is 3. The Bertz CT molecular complexity index is 1680. The molecule has 1 aliphatic rings. The van der Waals surface area contributed by atoms with Gasteiger partial charge in [0.2, 0.25) is 0 Å². The molecular weight excluding hydrogens is 623 g/mol. The minimum absolute atomic E-state index is 0.0742. The molecule has 14 heteroatoms. The van der Waals surface area contributed by atoms with Crippen molar-refractivity contribution in [3.05, 3.63) is 93.4 Å². The van der Waals surface area contributed by atoms with E-state index in [-0.39, 0.29) is 46.9 Å². The van der Waals surface area contributed by atoms with Crippen molar-refractivity contribution in [3.8, 4) is 23.0 Å². The van der Waals surface area contributed by atoms with E-state index in [4.69, 9.17) is 35.3 Å². The summed E-state index contributed by atoms with van der Waals surface area (Å²) in [7, 11) is 2.86. The molecule has 0 spiro atoms. The van der Waals surface area contributed by atoms with Crippen molar-refractivity contribution in [2.45, 2.75) is 26.5 Å². The van der Waals surface area contributed by atoms with Crippen LogP contribution in [0.4, 0.5) is 9.18 Å². The molecule has 12 nitrogen and oxygen atoms in total. The largest absolute Gasteiger partial charge is 0.493 e. The van der Waals surface area contributed by atoms with Crippen LogP contribution in [0.3, 0.4) is 0 Å². The number of methoxy groups -OCH3 is 2. The lowest BCUT2D eigenvalue weighted by Crippen LogP contribution is -2.45. The standard InChI is InChI=1S/C32H32ClFN4O8/c1-5-44-31(40)28-18(2)36-32(41)37-29(28)21-9-10-24(25(14-21)42-3)45-17-27(39)38-35-15-20-12-23(33)30(26(13-20)43-4)46-16-19-7-6-8-22(34)11-19/h6-15,29H,5,16-17H2,1-4H3,(H,38,39)(H2,36,37,41)/b35-15-/t29-/m1/s1. The Morgan fingerprint density at radius 1 is 1.04 bits per heavy atom. The summed E-state index contributed by atoms with van der Waals surface area (Å²) in [6, 6.07) is 12.7. The number of halogens is 2. The van der Waals surface area contributed by atoms with Gasteiger partial charge in [-0.25, -0.2) is 19.4 Å². The van der Waals surface area contributed by atoms with Gasteiger partial charge in [-0.15, -0.1) is 0 Å². The van der Waals surface area contributed by atoms with Gasteiger partial charge in [-0.3, -0.25) is 4.79 Å². The minimum atomic E-state index is -0.797. The highest BCUT2D eigenvalue weighted by atomic mass is 35.5. The lowest BCUT2D eigenvalue weighted by Gasteiger charge is -2.28. The molecular formula is C32H32ClFN4O8. The molecule has 0 radical (unpaired) electrons. The van der Waals surface area contributed by atoms with Crippen LogP contribution >= 0.6 is 11.6 Å². The third kappa shape index (κ3) is 8.45. The smallest absolute Gasteiger partial charge is 0.338 e. The Morgan fingerprint density at radius 2 is 1.83 bits per heavy atom. The Labute approximate surface area is 269 Å². The van der Waals surface area contributed by atoms with E-state index in [0.29, 0.717) is 28.1 Å². The monoisotopic (exact) mass is 654 g/mol. The highest BCUT2D eigenvalue weighted by Crippen LogP contribution is 2.37. The number of nitrogens with zero attached hydrogens (tertiary/aromatic N) is 1. The van der Waals surface area contributed by atoms with E-state index in [2.05, 4.69) is 21.2 Å². The molecule has 0 saturated heterocycles. The van der Waals surface area contributed by atoms with Gasteiger partial charge in [0.05, 0.1) is 43.7 Å². The van der Waals surface area contributed by atoms with Crippen molar-refractivity contribution in [2.24, 2.45) is 5.10 Å². The molecule has 3 aromatic carbocycles. The second-order valence-corrected chi connectivity index (χ2v) is 10.1. The number of carbonyl (C=O) groups excluding carboxylic acids is 3. The lowest BCUT2D eigenvalue weighted by atomic mass is 9.95. The topological polar surface area (TPSA) is 146 Å². The second kappa shape index (κ2) is 15.6. The average molecular weight is 655 g/mol. The molecule has 1 atom stereocenters. The quantitative estimate of drug-likeness (QED) is 0.135.